The molecule has 3 heteroatoms. The molecule has 0 spiro atoms. The van der Waals surface area contributed by atoms with Crippen LogP contribution in [0.25, 0.3) is 0 Å². The van der Waals surface area contributed by atoms with Crippen LogP contribution in [0.2, 0.25) is 0 Å². The van der Waals surface area contributed by atoms with Crippen LogP contribution < -0.4 is 5.73 Å². The number of nitrogens with two attached hydrogens (primary N) is 1. The summed E-state index contributed by atoms with van der Waals surface area (Å²) >= 11 is 0. The van der Waals surface area contributed by atoms with Gasteiger partial charge in [-0.1, -0.05) is 13.3 Å². The zero-order valence-corrected chi connectivity index (χ0v) is 13.3. The van der Waals surface area contributed by atoms with E-state index in [0.717, 1.165) is 32.2 Å². The molecular weight excluding hydrogens is 238 g/mol. The molecule has 0 aromatic carbocycles. The number of Topliss-reactive ketones (excluding diaryl/α,β-unsaturated/α-hetero) is 1. The summed E-state index contributed by atoms with van der Waals surface area (Å²) in [5.41, 5.74) is 5.11. The van der Waals surface area contributed by atoms with Crippen molar-refractivity contribution in [3.63, 3.8) is 0 Å². The van der Waals surface area contributed by atoms with E-state index >= 15 is 0 Å². The maximum absolute atomic E-state index is 12.5. The highest BCUT2D eigenvalue weighted by molar-refractivity contribution is 5.82. The van der Waals surface area contributed by atoms with Crippen molar-refractivity contribution in [1.29, 1.82) is 0 Å². The molecule has 1 fully saturated rings. The number of hydrogen-bond acceptors (Lipinski definition) is 3. The van der Waals surface area contributed by atoms with Gasteiger partial charge in [0.2, 0.25) is 0 Å². The average molecular weight is 269 g/mol. The van der Waals surface area contributed by atoms with E-state index in [0.29, 0.717) is 18.1 Å². The minimum atomic E-state index is -0.323. The van der Waals surface area contributed by atoms with Gasteiger partial charge in [0, 0.05) is 12.3 Å². The molecule has 0 saturated carbocycles. The largest absolute Gasteiger partial charge is 0.369 e. The van der Waals surface area contributed by atoms with Crippen molar-refractivity contribution in [1.82, 2.24) is 0 Å². The SMILES string of the molecule is CCC(CCN)CCC(=O)C1CC(C)(C)OC1(C)C. The molecule has 2 atom stereocenters. The summed E-state index contributed by atoms with van der Waals surface area (Å²) in [4.78, 5) is 12.5. The van der Waals surface area contributed by atoms with Crippen molar-refractivity contribution < 1.29 is 9.53 Å². The molecular formula is C16H31NO2. The van der Waals surface area contributed by atoms with E-state index in [1.807, 2.05) is 13.8 Å². The van der Waals surface area contributed by atoms with Gasteiger partial charge in [-0.3, -0.25) is 4.79 Å². The van der Waals surface area contributed by atoms with Crippen LogP contribution in [0, 0.1) is 11.8 Å². The highest BCUT2D eigenvalue weighted by Gasteiger charge is 2.48. The highest BCUT2D eigenvalue weighted by Crippen LogP contribution is 2.43. The predicted molar refractivity (Wildman–Crippen MR) is 79.0 cm³/mol. The Hall–Kier alpha value is -0.410. The summed E-state index contributed by atoms with van der Waals surface area (Å²) in [6.07, 6.45) is 4.62. The maximum Gasteiger partial charge on any atom is 0.138 e. The lowest BCUT2D eigenvalue weighted by Gasteiger charge is -2.27. The van der Waals surface area contributed by atoms with Gasteiger partial charge in [0.15, 0.2) is 0 Å². The standard InChI is InChI=1S/C16H31NO2/c1-6-12(9-10-17)7-8-14(18)13-11-15(2,3)19-16(13,4)5/h12-13H,6-11,17H2,1-5H3. The Morgan fingerprint density at radius 1 is 1.32 bits per heavy atom. The smallest absolute Gasteiger partial charge is 0.138 e. The van der Waals surface area contributed by atoms with Crippen LogP contribution in [-0.2, 0) is 9.53 Å². The van der Waals surface area contributed by atoms with E-state index in [1.54, 1.807) is 0 Å². The van der Waals surface area contributed by atoms with Gasteiger partial charge < -0.3 is 10.5 Å². The van der Waals surface area contributed by atoms with Crippen LogP contribution in [0.1, 0.15) is 66.7 Å². The molecule has 0 amide bonds. The average Bonchev–Trinajstić information content (AvgIpc) is 2.52. The number of hydrogen-bond donors (Lipinski definition) is 1. The minimum Gasteiger partial charge on any atom is -0.369 e. The van der Waals surface area contributed by atoms with E-state index in [4.69, 9.17) is 10.5 Å². The Labute approximate surface area is 118 Å². The highest BCUT2D eigenvalue weighted by atomic mass is 16.5. The molecule has 112 valence electrons. The molecule has 1 rings (SSSR count). The van der Waals surface area contributed by atoms with Crippen molar-refractivity contribution >= 4 is 5.78 Å². The maximum atomic E-state index is 12.5. The van der Waals surface area contributed by atoms with Crippen molar-refractivity contribution in [2.24, 2.45) is 17.6 Å². The van der Waals surface area contributed by atoms with Crippen LogP contribution >= 0.6 is 0 Å². The summed E-state index contributed by atoms with van der Waals surface area (Å²) in [6, 6.07) is 0. The number of carbonyl (C=O) groups is 1. The number of carbonyl (C=O) groups excluding carboxylic acids is 1. The summed E-state index contributed by atoms with van der Waals surface area (Å²) in [5, 5.41) is 0. The van der Waals surface area contributed by atoms with Gasteiger partial charge >= 0.3 is 0 Å². The molecule has 19 heavy (non-hydrogen) atoms. The fourth-order valence-electron chi connectivity index (χ4n) is 3.37. The van der Waals surface area contributed by atoms with Gasteiger partial charge in [0.05, 0.1) is 11.2 Å². The first-order chi connectivity index (χ1) is 8.72. The first kappa shape index (κ1) is 16.6. The monoisotopic (exact) mass is 269 g/mol. The summed E-state index contributed by atoms with van der Waals surface area (Å²) < 4.78 is 6.01. The quantitative estimate of drug-likeness (QED) is 0.771. The molecule has 2 unspecified atom stereocenters. The van der Waals surface area contributed by atoms with Crippen molar-refractivity contribution in [2.75, 3.05) is 6.54 Å². The summed E-state index contributed by atoms with van der Waals surface area (Å²) in [7, 11) is 0. The summed E-state index contributed by atoms with van der Waals surface area (Å²) in [5.74, 6) is 0.997. The van der Waals surface area contributed by atoms with Crippen LogP contribution in [-0.4, -0.2) is 23.5 Å². The fraction of sp³-hybridized carbons (Fsp3) is 0.938. The van der Waals surface area contributed by atoms with Gasteiger partial charge in [-0.05, 0) is 59.4 Å². The van der Waals surface area contributed by atoms with Crippen LogP contribution in [0.5, 0.6) is 0 Å². The second kappa shape index (κ2) is 6.36. The fourth-order valence-corrected chi connectivity index (χ4v) is 3.37. The van der Waals surface area contributed by atoms with Crippen LogP contribution in [0.15, 0.2) is 0 Å². The number of rotatable bonds is 7. The molecule has 0 bridgehead atoms. The second-order valence-corrected chi connectivity index (χ2v) is 7.08. The van der Waals surface area contributed by atoms with Crippen LogP contribution in [0.3, 0.4) is 0 Å². The van der Waals surface area contributed by atoms with E-state index in [2.05, 4.69) is 20.8 Å². The van der Waals surface area contributed by atoms with E-state index < -0.39 is 0 Å². The zero-order chi connectivity index (χ0) is 14.7. The Kier molecular flexibility index (Phi) is 5.57. The molecule has 0 aromatic rings. The molecule has 0 radical (unpaired) electrons. The molecule has 1 heterocycles. The summed E-state index contributed by atoms with van der Waals surface area (Å²) in [6.45, 7) is 11.1. The van der Waals surface area contributed by atoms with E-state index in [-0.39, 0.29) is 17.1 Å². The van der Waals surface area contributed by atoms with Gasteiger partial charge in [-0.25, -0.2) is 0 Å². The third-order valence-corrected chi connectivity index (χ3v) is 4.41. The minimum absolute atomic E-state index is 0.0397. The van der Waals surface area contributed by atoms with Crippen molar-refractivity contribution in [3.8, 4) is 0 Å². The van der Waals surface area contributed by atoms with Crippen LogP contribution in [0.4, 0.5) is 0 Å². The molecule has 1 aliphatic rings. The molecule has 3 nitrogen and oxygen atoms in total. The molecule has 1 aliphatic heterocycles. The predicted octanol–water partition coefficient (Wildman–Crippen LogP) is 3.30. The van der Waals surface area contributed by atoms with Crippen molar-refractivity contribution in [2.45, 2.75) is 77.9 Å². The third-order valence-electron chi connectivity index (χ3n) is 4.41. The first-order valence-corrected chi connectivity index (χ1v) is 7.65. The van der Waals surface area contributed by atoms with Gasteiger partial charge in [0.25, 0.3) is 0 Å². The van der Waals surface area contributed by atoms with Gasteiger partial charge in [-0.15, -0.1) is 0 Å². The topological polar surface area (TPSA) is 52.3 Å². The molecule has 0 aliphatic carbocycles. The second-order valence-electron chi connectivity index (χ2n) is 7.08. The number of ketones is 1. The van der Waals surface area contributed by atoms with Gasteiger partial charge in [0.1, 0.15) is 5.78 Å². The lowest BCUT2D eigenvalue weighted by atomic mass is 9.81. The Bertz CT molecular complexity index is 310. The third kappa shape index (κ3) is 4.57. The number of ether oxygens (including phenoxy) is 1. The first-order valence-electron chi connectivity index (χ1n) is 7.65. The molecule has 0 aromatic heterocycles. The van der Waals surface area contributed by atoms with Gasteiger partial charge in [-0.2, -0.15) is 0 Å². The molecule has 2 N–H and O–H groups in total. The normalized spacial score (nSPS) is 26.3. The van der Waals surface area contributed by atoms with E-state index in [1.165, 1.54) is 0 Å². The lowest BCUT2D eigenvalue weighted by Crippen LogP contribution is -2.34. The lowest BCUT2D eigenvalue weighted by molar-refractivity contribution is -0.129. The van der Waals surface area contributed by atoms with Crippen molar-refractivity contribution in [3.05, 3.63) is 0 Å². The Balaban J connectivity index is 2.54. The zero-order valence-electron chi connectivity index (χ0n) is 13.3. The molecule has 1 saturated heterocycles. The Morgan fingerprint density at radius 2 is 1.95 bits per heavy atom. The van der Waals surface area contributed by atoms with E-state index in [9.17, 15) is 4.79 Å². The Morgan fingerprint density at radius 3 is 2.37 bits per heavy atom.